The van der Waals surface area contributed by atoms with Crippen molar-refractivity contribution in [2.45, 2.75) is 33.7 Å². The molecule has 1 aliphatic rings. The minimum absolute atomic E-state index is 0.125. The number of aromatic nitrogens is 1. The highest BCUT2D eigenvalue weighted by molar-refractivity contribution is 7.07. The van der Waals surface area contributed by atoms with Gasteiger partial charge in [0, 0.05) is 17.8 Å². The molecule has 4 rings (SSSR count). The average molecular weight is 538 g/mol. The number of methoxy groups -OCH3 is 3. The third kappa shape index (κ3) is 5.35. The number of rotatable bonds is 10. The number of fused-ring (bicyclic) bond motifs is 1. The van der Waals surface area contributed by atoms with E-state index in [1.54, 1.807) is 38.0 Å². The molecule has 0 saturated carbocycles. The Labute approximate surface area is 226 Å². The third-order valence-electron chi connectivity index (χ3n) is 6.78. The Morgan fingerprint density at radius 2 is 1.68 bits per heavy atom. The van der Waals surface area contributed by atoms with Crippen molar-refractivity contribution in [3.8, 4) is 17.2 Å². The number of hydrogen-bond acceptors (Lipinski definition) is 7. The molecule has 0 radical (unpaired) electrons. The monoisotopic (exact) mass is 537 g/mol. The van der Waals surface area contributed by atoms with E-state index < -0.39 is 0 Å². The number of hydrogen-bond donors (Lipinski definition) is 1. The summed E-state index contributed by atoms with van der Waals surface area (Å²) < 4.78 is 19.4. The van der Waals surface area contributed by atoms with E-state index in [1.165, 1.54) is 11.3 Å². The van der Waals surface area contributed by atoms with Crippen LogP contribution in [0.4, 0.5) is 5.69 Å². The fraction of sp³-hybridized carbons (Fsp3) is 0.379. The third-order valence-corrected chi connectivity index (χ3v) is 7.91. The van der Waals surface area contributed by atoms with Crippen LogP contribution in [0, 0.1) is 6.92 Å². The second kappa shape index (κ2) is 11.9. The number of ether oxygens (including phenoxy) is 3. The second-order valence-electron chi connectivity index (χ2n) is 9.09. The second-order valence-corrected chi connectivity index (χ2v) is 10.1. The lowest BCUT2D eigenvalue weighted by Crippen LogP contribution is -2.34. The molecule has 1 amide bonds. The smallest absolute Gasteiger partial charge is 0.269 e. The van der Waals surface area contributed by atoms with Gasteiger partial charge in [0.15, 0.2) is 11.5 Å². The van der Waals surface area contributed by atoms with Gasteiger partial charge >= 0.3 is 0 Å². The van der Waals surface area contributed by atoms with Crippen molar-refractivity contribution < 1.29 is 19.0 Å². The lowest BCUT2D eigenvalue weighted by Gasteiger charge is -2.17. The molecule has 9 heteroatoms. The number of carbonyl (C=O) groups is 1. The Morgan fingerprint density at radius 1 is 1.00 bits per heavy atom. The summed E-state index contributed by atoms with van der Waals surface area (Å²) in [5.41, 5.74) is 3.79. The van der Waals surface area contributed by atoms with E-state index in [0.717, 1.165) is 48.4 Å². The van der Waals surface area contributed by atoms with Crippen LogP contribution in [-0.4, -0.2) is 56.3 Å². The normalized spacial score (nSPS) is 14.6. The summed E-state index contributed by atoms with van der Waals surface area (Å²) in [6.45, 7) is 9.56. The zero-order valence-corrected chi connectivity index (χ0v) is 23.7. The minimum Gasteiger partial charge on any atom is -0.493 e. The lowest BCUT2D eigenvalue weighted by molar-refractivity contribution is -0.110. The van der Waals surface area contributed by atoms with E-state index in [2.05, 4.69) is 24.1 Å². The van der Waals surface area contributed by atoms with Crippen molar-refractivity contribution in [3.05, 3.63) is 66.6 Å². The van der Waals surface area contributed by atoms with Gasteiger partial charge in [-0.05, 0) is 68.9 Å². The first-order chi connectivity index (χ1) is 18.3. The molecule has 0 unspecified atom stereocenters. The van der Waals surface area contributed by atoms with Crippen molar-refractivity contribution >= 4 is 34.6 Å². The first-order valence-electron chi connectivity index (χ1n) is 12.8. The maximum absolute atomic E-state index is 13.8. The van der Waals surface area contributed by atoms with E-state index in [9.17, 15) is 9.59 Å². The molecule has 202 valence electrons. The van der Waals surface area contributed by atoms with Crippen LogP contribution in [0.15, 0.2) is 35.1 Å². The Hall–Kier alpha value is -3.56. The van der Waals surface area contributed by atoms with Crippen molar-refractivity contribution in [1.82, 2.24) is 9.47 Å². The molecule has 0 fully saturated rings. The molecule has 0 aliphatic carbocycles. The van der Waals surface area contributed by atoms with E-state index in [4.69, 9.17) is 14.2 Å². The predicted molar refractivity (Wildman–Crippen MR) is 152 cm³/mol. The molecule has 0 spiro atoms. The van der Waals surface area contributed by atoms with Crippen molar-refractivity contribution in [2.24, 2.45) is 0 Å². The fourth-order valence-electron chi connectivity index (χ4n) is 4.73. The van der Waals surface area contributed by atoms with E-state index in [1.807, 2.05) is 31.2 Å². The van der Waals surface area contributed by atoms with Gasteiger partial charge < -0.3 is 24.4 Å². The van der Waals surface area contributed by atoms with Crippen LogP contribution in [0.5, 0.6) is 17.2 Å². The molecule has 38 heavy (non-hydrogen) atoms. The summed E-state index contributed by atoms with van der Waals surface area (Å²) in [5, 5.41) is 2.96. The fourth-order valence-corrected chi connectivity index (χ4v) is 5.92. The standard InChI is InChI=1S/C29H35N3O5S/c1-7-31(8-2)12-9-13-32-28(34)24(17-19-15-22(35-4)26(37-6)23(16-19)36-5)38-29(32)25-20-14-18(3)10-11-21(20)30-27(25)33/h10-11,14-17H,7-9,12-13H2,1-6H3,(H,30,33)/b24-17?,29-25-. The molecule has 2 heterocycles. The summed E-state index contributed by atoms with van der Waals surface area (Å²) in [6.07, 6.45) is 2.61. The molecule has 1 N–H and O–H groups in total. The van der Waals surface area contributed by atoms with Gasteiger partial charge in [-0.2, -0.15) is 0 Å². The van der Waals surface area contributed by atoms with Crippen LogP contribution >= 0.6 is 11.3 Å². The number of nitrogens with zero attached hydrogens (tertiary/aromatic N) is 2. The highest BCUT2D eigenvalue weighted by Gasteiger charge is 2.27. The maximum atomic E-state index is 13.8. The number of anilines is 1. The molecule has 0 bridgehead atoms. The van der Waals surface area contributed by atoms with Gasteiger partial charge in [-0.25, -0.2) is 0 Å². The summed E-state index contributed by atoms with van der Waals surface area (Å²) >= 11 is 1.33. The van der Waals surface area contributed by atoms with Crippen LogP contribution in [0.25, 0.3) is 11.6 Å². The zero-order chi connectivity index (χ0) is 27.4. The maximum Gasteiger partial charge on any atom is 0.269 e. The van der Waals surface area contributed by atoms with Gasteiger partial charge in [-0.1, -0.05) is 25.5 Å². The summed E-state index contributed by atoms with van der Waals surface area (Å²) in [4.78, 5) is 29.3. The first-order valence-corrected chi connectivity index (χ1v) is 13.6. The Bertz CT molecular complexity index is 1490. The predicted octanol–water partition coefficient (Wildman–Crippen LogP) is 2.96. The molecular formula is C29H35N3O5S. The summed E-state index contributed by atoms with van der Waals surface area (Å²) in [6, 6.07) is 9.49. The molecule has 0 atom stereocenters. The van der Waals surface area contributed by atoms with Crippen LogP contribution in [0.1, 0.15) is 37.0 Å². The van der Waals surface area contributed by atoms with Crippen LogP contribution in [0.2, 0.25) is 0 Å². The SMILES string of the molecule is CCN(CC)CCCn1c(=O)c(=Cc2cc(OC)c(OC)c(OC)c2)s/c1=C1\C(=O)Nc2ccc(C)cc21. The number of benzene rings is 2. The number of amides is 1. The number of carbonyl (C=O) groups excluding carboxylic acids is 1. The van der Waals surface area contributed by atoms with Gasteiger partial charge in [0.05, 0.1) is 31.4 Å². The highest BCUT2D eigenvalue weighted by atomic mass is 32.1. The van der Waals surface area contributed by atoms with Crippen molar-refractivity contribution in [1.29, 1.82) is 0 Å². The molecule has 8 nitrogen and oxygen atoms in total. The largest absolute Gasteiger partial charge is 0.493 e. The van der Waals surface area contributed by atoms with Gasteiger partial charge in [-0.15, -0.1) is 11.3 Å². The van der Waals surface area contributed by atoms with Crippen molar-refractivity contribution in [2.75, 3.05) is 46.3 Å². The number of thiazole rings is 1. The number of aryl methyl sites for hydroxylation is 1. The highest BCUT2D eigenvalue weighted by Crippen LogP contribution is 2.38. The molecule has 1 aromatic heterocycles. The minimum atomic E-state index is -0.191. The Kier molecular flexibility index (Phi) is 8.58. The average Bonchev–Trinajstić information content (AvgIpc) is 3.40. The Balaban J connectivity index is 1.93. The quantitative estimate of drug-likeness (QED) is 0.428. The summed E-state index contributed by atoms with van der Waals surface area (Å²) in [7, 11) is 4.67. The van der Waals surface area contributed by atoms with E-state index >= 15 is 0 Å². The van der Waals surface area contributed by atoms with Crippen molar-refractivity contribution in [3.63, 3.8) is 0 Å². The molecule has 3 aromatic rings. The van der Waals surface area contributed by atoms with Gasteiger partial charge in [0.1, 0.15) is 4.66 Å². The topological polar surface area (TPSA) is 82.0 Å². The van der Waals surface area contributed by atoms with Gasteiger partial charge in [-0.3, -0.25) is 14.2 Å². The van der Waals surface area contributed by atoms with Gasteiger partial charge in [0.2, 0.25) is 5.75 Å². The van der Waals surface area contributed by atoms with E-state index in [-0.39, 0.29) is 11.5 Å². The molecule has 2 aromatic carbocycles. The first kappa shape index (κ1) is 27.5. The number of nitrogens with one attached hydrogen (secondary N) is 1. The molecule has 1 aliphatic heterocycles. The van der Waals surface area contributed by atoms with Gasteiger partial charge in [0.25, 0.3) is 11.5 Å². The molecular weight excluding hydrogens is 502 g/mol. The summed E-state index contributed by atoms with van der Waals surface area (Å²) in [5.74, 6) is 1.30. The van der Waals surface area contributed by atoms with E-state index in [0.29, 0.717) is 38.6 Å². The van der Waals surface area contributed by atoms with Crippen LogP contribution in [-0.2, 0) is 11.3 Å². The Morgan fingerprint density at radius 3 is 2.29 bits per heavy atom. The zero-order valence-electron chi connectivity index (χ0n) is 22.8. The van der Waals surface area contributed by atoms with Crippen LogP contribution in [0.3, 0.4) is 0 Å². The van der Waals surface area contributed by atoms with Crippen LogP contribution < -0.4 is 34.3 Å². The lowest BCUT2D eigenvalue weighted by atomic mass is 10.1. The molecule has 0 saturated heterocycles.